The highest BCUT2D eigenvalue weighted by Crippen LogP contribution is 2.12. The minimum absolute atomic E-state index is 0.0219. The van der Waals surface area contributed by atoms with Crippen molar-refractivity contribution < 1.29 is 34.2 Å². The SMILES string of the molecule is CC(C)C[C@H](NC(=O)[C@@H](NC(=O)[C@@H](N)CCC(=O)O)C(C)C)C(=O)N[C@@H](Cc1ccccc1)[C@@H](O)C(=O)NCCc1ccccc1. The van der Waals surface area contributed by atoms with Gasteiger partial charge in [0.15, 0.2) is 6.10 Å². The van der Waals surface area contributed by atoms with Gasteiger partial charge in [-0.25, -0.2) is 0 Å². The normalized spacial score (nSPS) is 14.4. The van der Waals surface area contributed by atoms with Gasteiger partial charge in [-0.15, -0.1) is 0 Å². The molecule has 12 heteroatoms. The minimum Gasteiger partial charge on any atom is -0.481 e. The molecule has 12 nitrogen and oxygen atoms in total. The molecule has 8 N–H and O–H groups in total. The quantitative estimate of drug-likeness (QED) is 0.119. The van der Waals surface area contributed by atoms with Gasteiger partial charge in [0.05, 0.1) is 12.1 Å². The molecule has 0 radical (unpaired) electrons. The number of rotatable bonds is 19. The zero-order valence-corrected chi connectivity index (χ0v) is 27.1. The summed E-state index contributed by atoms with van der Waals surface area (Å²) in [6.45, 7) is 7.49. The van der Waals surface area contributed by atoms with E-state index in [2.05, 4.69) is 21.3 Å². The summed E-state index contributed by atoms with van der Waals surface area (Å²) in [5.41, 5.74) is 7.64. The molecule has 0 aromatic heterocycles. The number of aliphatic carboxylic acids is 1. The summed E-state index contributed by atoms with van der Waals surface area (Å²) in [7, 11) is 0. The topological polar surface area (TPSA) is 200 Å². The molecule has 0 spiro atoms. The lowest BCUT2D eigenvalue weighted by Gasteiger charge is -2.29. The zero-order valence-electron chi connectivity index (χ0n) is 27.1. The number of nitrogens with two attached hydrogens (primary N) is 1. The van der Waals surface area contributed by atoms with Crippen LogP contribution >= 0.6 is 0 Å². The number of aliphatic hydroxyl groups excluding tert-OH is 1. The van der Waals surface area contributed by atoms with Gasteiger partial charge in [0.1, 0.15) is 12.1 Å². The van der Waals surface area contributed by atoms with Gasteiger partial charge in [-0.1, -0.05) is 88.4 Å². The first kappa shape index (κ1) is 37.9. The Balaban J connectivity index is 2.18. The molecule has 2 aromatic rings. The number of benzene rings is 2. The van der Waals surface area contributed by atoms with Crippen LogP contribution in [-0.4, -0.2) is 76.6 Å². The third kappa shape index (κ3) is 13.4. The summed E-state index contributed by atoms with van der Waals surface area (Å²) in [6, 6.07) is 14.5. The first-order chi connectivity index (χ1) is 21.8. The summed E-state index contributed by atoms with van der Waals surface area (Å²) in [5.74, 6) is -4.02. The van der Waals surface area contributed by atoms with Crippen LogP contribution in [0.4, 0.5) is 0 Å². The predicted molar refractivity (Wildman–Crippen MR) is 174 cm³/mol. The summed E-state index contributed by atoms with van der Waals surface area (Å²) >= 11 is 0. The molecule has 0 heterocycles. The second-order valence-corrected chi connectivity index (χ2v) is 12.2. The van der Waals surface area contributed by atoms with Gasteiger partial charge in [-0.2, -0.15) is 0 Å². The number of carbonyl (C=O) groups is 5. The highest BCUT2D eigenvalue weighted by Gasteiger charge is 2.33. The largest absolute Gasteiger partial charge is 0.481 e. The van der Waals surface area contributed by atoms with E-state index in [1.807, 2.05) is 74.5 Å². The van der Waals surface area contributed by atoms with Gasteiger partial charge in [0, 0.05) is 13.0 Å². The van der Waals surface area contributed by atoms with Crippen molar-refractivity contribution in [1.29, 1.82) is 0 Å². The third-order valence-corrected chi connectivity index (χ3v) is 7.42. The van der Waals surface area contributed by atoms with Crippen LogP contribution in [0.3, 0.4) is 0 Å². The monoisotopic (exact) mass is 639 g/mol. The lowest BCUT2D eigenvalue weighted by Crippen LogP contribution is -2.60. The molecule has 0 fully saturated rings. The van der Waals surface area contributed by atoms with E-state index in [4.69, 9.17) is 10.8 Å². The average Bonchev–Trinajstić information content (AvgIpc) is 3.01. The van der Waals surface area contributed by atoms with E-state index in [0.29, 0.717) is 13.0 Å². The number of amides is 4. The van der Waals surface area contributed by atoms with Crippen molar-refractivity contribution in [1.82, 2.24) is 21.3 Å². The number of nitrogens with one attached hydrogen (secondary N) is 4. The maximum atomic E-state index is 13.7. The molecule has 0 aliphatic heterocycles. The molecular formula is C34H49N5O7. The molecule has 0 unspecified atom stereocenters. The molecule has 0 saturated carbocycles. The summed E-state index contributed by atoms with van der Waals surface area (Å²) in [4.78, 5) is 63.6. The van der Waals surface area contributed by atoms with Gasteiger partial charge in [0.25, 0.3) is 5.91 Å². The van der Waals surface area contributed by atoms with E-state index >= 15 is 0 Å². The number of carboxylic acids is 1. The van der Waals surface area contributed by atoms with Crippen LogP contribution in [0.15, 0.2) is 60.7 Å². The molecule has 4 amide bonds. The van der Waals surface area contributed by atoms with E-state index < -0.39 is 59.9 Å². The van der Waals surface area contributed by atoms with Crippen LogP contribution < -0.4 is 27.0 Å². The molecule has 2 rings (SSSR count). The zero-order chi connectivity index (χ0) is 34.2. The molecule has 0 bridgehead atoms. The van der Waals surface area contributed by atoms with E-state index in [0.717, 1.165) is 11.1 Å². The highest BCUT2D eigenvalue weighted by molar-refractivity contribution is 5.93. The Bertz CT molecular complexity index is 1270. The second kappa shape index (κ2) is 19.3. The number of carbonyl (C=O) groups excluding carboxylic acids is 4. The van der Waals surface area contributed by atoms with Gasteiger partial charge in [0.2, 0.25) is 17.7 Å². The van der Waals surface area contributed by atoms with Crippen LogP contribution in [0, 0.1) is 11.8 Å². The average molecular weight is 640 g/mol. The Morgan fingerprint density at radius 3 is 1.89 bits per heavy atom. The van der Waals surface area contributed by atoms with Crippen molar-refractivity contribution in [3.8, 4) is 0 Å². The Hall–Kier alpha value is -4.29. The molecule has 0 saturated heterocycles. The Morgan fingerprint density at radius 1 is 0.761 bits per heavy atom. The summed E-state index contributed by atoms with van der Waals surface area (Å²) in [5, 5.41) is 30.8. The molecule has 0 aliphatic rings. The number of carboxylic acid groups (broad SMARTS) is 1. The van der Waals surface area contributed by atoms with E-state index in [1.54, 1.807) is 13.8 Å². The number of aliphatic hydroxyl groups is 1. The van der Waals surface area contributed by atoms with Crippen molar-refractivity contribution in [3.05, 3.63) is 71.8 Å². The molecule has 252 valence electrons. The van der Waals surface area contributed by atoms with Crippen molar-refractivity contribution in [2.45, 2.75) is 90.1 Å². The van der Waals surface area contributed by atoms with E-state index in [-0.39, 0.29) is 37.5 Å². The van der Waals surface area contributed by atoms with Crippen LogP contribution in [0.1, 0.15) is 58.1 Å². The van der Waals surface area contributed by atoms with Crippen molar-refractivity contribution in [3.63, 3.8) is 0 Å². The lowest BCUT2D eigenvalue weighted by atomic mass is 9.97. The van der Waals surface area contributed by atoms with Gasteiger partial charge < -0.3 is 37.2 Å². The molecular weight excluding hydrogens is 590 g/mol. The highest BCUT2D eigenvalue weighted by atomic mass is 16.4. The molecule has 0 aliphatic carbocycles. The Labute approximate surface area is 270 Å². The maximum absolute atomic E-state index is 13.7. The number of hydrogen-bond acceptors (Lipinski definition) is 7. The van der Waals surface area contributed by atoms with Gasteiger partial charge in [-0.3, -0.25) is 24.0 Å². The van der Waals surface area contributed by atoms with E-state index in [1.165, 1.54) is 0 Å². The molecule has 46 heavy (non-hydrogen) atoms. The third-order valence-electron chi connectivity index (χ3n) is 7.42. The van der Waals surface area contributed by atoms with Gasteiger partial charge in [-0.05, 0) is 48.6 Å². The first-order valence-corrected chi connectivity index (χ1v) is 15.7. The predicted octanol–water partition coefficient (Wildman–Crippen LogP) is 1.30. The smallest absolute Gasteiger partial charge is 0.303 e. The van der Waals surface area contributed by atoms with Crippen molar-refractivity contribution in [2.75, 3.05) is 6.54 Å². The van der Waals surface area contributed by atoms with Crippen LogP contribution in [0.25, 0.3) is 0 Å². The van der Waals surface area contributed by atoms with Crippen molar-refractivity contribution >= 4 is 29.6 Å². The van der Waals surface area contributed by atoms with E-state index in [9.17, 15) is 29.1 Å². The Kier molecular flexibility index (Phi) is 15.9. The van der Waals surface area contributed by atoms with Crippen LogP contribution in [0.5, 0.6) is 0 Å². The van der Waals surface area contributed by atoms with Crippen LogP contribution in [-0.2, 0) is 36.8 Å². The summed E-state index contributed by atoms with van der Waals surface area (Å²) < 4.78 is 0. The minimum atomic E-state index is -1.58. The first-order valence-electron chi connectivity index (χ1n) is 15.7. The fourth-order valence-corrected chi connectivity index (χ4v) is 4.82. The van der Waals surface area contributed by atoms with Crippen molar-refractivity contribution in [2.24, 2.45) is 17.6 Å². The van der Waals surface area contributed by atoms with Crippen LogP contribution in [0.2, 0.25) is 0 Å². The standard InChI is InChI=1S/C34H49N5O7/c1-21(2)19-27(38-33(45)29(22(3)4)39-31(43)25(35)15-16-28(40)41)32(44)37-26(20-24-13-9-6-10-14-24)30(42)34(46)36-18-17-23-11-7-5-8-12-23/h5-14,21-22,25-27,29-30,42H,15-20,35H2,1-4H3,(H,36,46)(H,37,44)(H,38,45)(H,39,43)(H,40,41)/t25-,26-,27-,29-,30+/m0/s1. The Morgan fingerprint density at radius 2 is 1.35 bits per heavy atom. The second-order valence-electron chi connectivity index (χ2n) is 12.2. The molecule has 2 aromatic carbocycles. The lowest BCUT2D eigenvalue weighted by molar-refractivity contribution is -0.137. The fraction of sp³-hybridized carbons (Fsp3) is 0.500. The van der Waals surface area contributed by atoms with Gasteiger partial charge >= 0.3 is 5.97 Å². The summed E-state index contributed by atoms with van der Waals surface area (Å²) in [6.07, 6.45) is -1.02. The maximum Gasteiger partial charge on any atom is 0.303 e. The fourth-order valence-electron chi connectivity index (χ4n) is 4.82. The number of hydrogen-bond donors (Lipinski definition) is 7. The molecule has 5 atom stereocenters.